The average molecular weight is 571 g/mol. The first-order chi connectivity index (χ1) is 20.3. The number of rotatable bonds is 9. The van der Waals surface area contributed by atoms with E-state index in [1.54, 1.807) is 10.9 Å². The Kier molecular flexibility index (Phi) is 7.78. The molecule has 2 aromatic heterocycles. The van der Waals surface area contributed by atoms with Crippen molar-refractivity contribution in [2.75, 3.05) is 25.0 Å². The van der Waals surface area contributed by atoms with Gasteiger partial charge >= 0.3 is 0 Å². The van der Waals surface area contributed by atoms with Crippen LogP contribution in [0.5, 0.6) is 0 Å². The summed E-state index contributed by atoms with van der Waals surface area (Å²) in [6.45, 7) is 9.01. The lowest BCUT2D eigenvalue weighted by Crippen LogP contribution is -2.36. The summed E-state index contributed by atoms with van der Waals surface area (Å²) in [5.41, 5.74) is 5.68. The molecular weight excluding hydrogens is 532 g/mol. The largest absolute Gasteiger partial charge is 0.359 e. The van der Waals surface area contributed by atoms with Gasteiger partial charge in [0, 0.05) is 53.8 Å². The fourth-order valence-corrected chi connectivity index (χ4v) is 5.92. The standard InChI is InChI=1S/C31H38N8O3/c1-31(2)8-10-37(11-9-31)19-23-14-22-7-6-21(13-27(22)33-23)18-38-20-29(35-36-38)25-15-24(39(40)41)16-28(26(25)17-32)34-30-5-3-4-12-42-30/h6-7,13-17,20,30,32-34H,3-5,8-12,18-19H2,1-2H3. The summed E-state index contributed by atoms with van der Waals surface area (Å²) < 4.78 is 7.50. The number of ether oxygens (including phenoxy) is 1. The number of likely N-dealkylation sites (tertiary alicyclic amines) is 1. The molecule has 4 heterocycles. The van der Waals surface area contributed by atoms with E-state index < -0.39 is 4.92 Å². The number of aromatic amines is 1. The van der Waals surface area contributed by atoms with Crippen LogP contribution in [0.4, 0.5) is 11.4 Å². The first-order valence-corrected chi connectivity index (χ1v) is 14.7. The van der Waals surface area contributed by atoms with E-state index in [2.05, 4.69) is 63.6 Å². The summed E-state index contributed by atoms with van der Waals surface area (Å²) in [6.07, 6.45) is 7.98. The van der Waals surface area contributed by atoms with Gasteiger partial charge in [0.2, 0.25) is 0 Å². The quantitative estimate of drug-likeness (QED) is 0.129. The Morgan fingerprint density at radius 3 is 2.76 bits per heavy atom. The third kappa shape index (κ3) is 6.22. The molecular formula is C31H38N8O3. The summed E-state index contributed by atoms with van der Waals surface area (Å²) in [7, 11) is 0. The molecule has 2 fully saturated rings. The Hall–Kier alpha value is -4.09. The topological polar surface area (TPSA) is 138 Å². The third-order valence-corrected chi connectivity index (χ3v) is 8.52. The molecule has 0 saturated carbocycles. The molecule has 2 aromatic carbocycles. The van der Waals surface area contributed by atoms with Gasteiger partial charge in [0.1, 0.15) is 11.9 Å². The second-order valence-electron chi connectivity index (χ2n) is 12.3. The Morgan fingerprint density at radius 1 is 1.19 bits per heavy atom. The lowest BCUT2D eigenvalue weighted by atomic mass is 9.83. The summed E-state index contributed by atoms with van der Waals surface area (Å²) in [4.78, 5) is 17.5. The number of hydrogen-bond donors (Lipinski definition) is 3. The molecule has 11 nitrogen and oxygen atoms in total. The number of nitro benzene ring substituents is 1. The molecule has 42 heavy (non-hydrogen) atoms. The number of fused-ring (bicyclic) bond motifs is 1. The lowest BCUT2D eigenvalue weighted by Gasteiger charge is -2.36. The van der Waals surface area contributed by atoms with E-state index in [0.29, 0.717) is 41.1 Å². The first kappa shape index (κ1) is 28.0. The van der Waals surface area contributed by atoms with Crippen molar-refractivity contribution in [1.29, 1.82) is 5.41 Å². The number of hydrogen-bond acceptors (Lipinski definition) is 8. The second kappa shape index (κ2) is 11.7. The number of nitrogens with one attached hydrogen (secondary N) is 3. The highest BCUT2D eigenvalue weighted by Crippen LogP contribution is 2.34. The minimum atomic E-state index is -0.430. The average Bonchev–Trinajstić information content (AvgIpc) is 3.60. The van der Waals surface area contributed by atoms with Crippen molar-refractivity contribution < 1.29 is 9.66 Å². The van der Waals surface area contributed by atoms with Crippen LogP contribution in [0.2, 0.25) is 0 Å². The number of nitro groups is 1. The fourth-order valence-electron chi connectivity index (χ4n) is 5.92. The highest BCUT2D eigenvalue weighted by Gasteiger charge is 2.26. The molecule has 1 unspecified atom stereocenters. The molecule has 11 heteroatoms. The van der Waals surface area contributed by atoms with Crippen LogP contribution in [0.15, 0.2) is 42.6 Å². The lowest BCUT2D eigenvalue weighted by molar-refractivity contribution is -0.384. The number of aromatic nitrogens is 4. The monoisotopic (exact) mass is 570 g/mol. The second-order valence-corrected chi connectivity index (χ2v) is 12.3. The molecule has 1 atom stereocenters. The summed E-state index contributed by atoms with van der Waals surface area (Å²) in [5, 5.41) is 33.0. The highest BCUT2D eigenvalue weighted by atomic mass is 16.6. The highest BCUT2D eigenvalue weighted by molar-refractivity contribution is 5.96. The van der Waals surface area contributed by atoms with E-state index in [9.17, 15) is 10.1 Å². The molecule has 2 aliphatic rings. The van der Waals surface area contributed by atoms with E-state index in [0.717, 1.165) is 50.0 Å². The van der Waals surface area contributed by atoms with Crippen LogP contribution in [0.25, 0.3) is 22.2 Å². The zero-order chi connectivity index (χ0) is 29.3. The van der Waals surface area contributed by atoms with Crippen LogP contribution in [0, 0.1) is 20.9 Å². The normalized spacial score (nSPS) is 19.1. The SMILES string of the molecule is CC1(C)CCN(Cc2cc3ccc(Cn4cc(-c5cc([N+](=O)[O-])cc(NC6CCCCO6)c5C=N)nn4)cc3[nH]2)CC1. The molecule has 220 valence electrons. The van der Waals surface area contributed by atoms with Crippen molar-refractivity contribution in [3.63, 3.8) is 0 Å². The third-order valence-electron chi connectivity index (χ3n) is 8.52. The van der Waals surface area contributed by atoms with Gasteiger partial charge in [-0.05, 0) is 73.7 Å². The van der Waals surface area contributed by atoms with E-state index in [1.165, 1.54) is 42.3 Å². The van der Waals surface area contributed by atoms with E-state index in [4.69, 9.17) is 10.1 Å². The molecule has 0 bridgehead atoms. The van der Waals surface area contributed by atoms with Gasteiger partial charge < -0.3 is 20.4 Å². The summed E-state index contributed by atoms with van der Waals surface area (Å²) in [6, 6.07) is 11.5. The molecule has 3 N–H and O–H groups in total. The van der Waals surface area contributed by atoms with Gasteiger partial charge in [-0.2, -0.15) is 0 Å². The van der Waals surface area contributed by atoms with Crippen LogP contribution in [0.1, 0.15) is 62.8 Å². The van der Waals surface area contributed by atoms with E-state index in [-0.39, 0.29) is 11.9 Å². The van der Waals surface area contributed by atoms with Crippen LogP contribution in [-0.2, 0) is 17.8 Å². The minimum Gasteiger partial charge on any atom is -0.359 e. The van der Waals surface area contributed by atoms with E-state index in [1.807, 2.05) is 0 Å². The maximum Gasteiger partial charge on any atom is 0.272 e. The minimum absolute atomic E-state index is 0.0790. The zero-order valence-corrected chi connectivity index (χ0v) is 24.2. The summed E-state index contributed by atoms with van der Waals surface area (Å²) >= 11 is 0. The van der Waals surface area contributed by atoms with Gasteiger partial charge in [0.05, 0.1) is 23.4 Å². The molecule has 0 spiro atoms. The number of H-pyrrole nitrogens is 1. The van der Waals surface area contributed by atoms with Crippen LogP contribution in [0.3, 0.4) is 0 Å². The first-order valence-electron chi connectivity index (χ1n) is 14.7. The maximum absolute atomic E-state index is 11.8. The predicted octanol–water partition coefficient (Wildman–Crippen LogP) is 5.94. The van der Waals surface area contributed by atoms with Gasteiger partial charge in [0.15, 0.2) is 0 Å². The van der Waals surface area contributed by atoms with Gasteiger partial charge in [-0.25, -0.2) is 4.68 Å². The molecule has 0 amide bonds. The Bertz CT molecular complexity index is 1590. The molecule has 6 rings (SSSR count). The number of non-ortho nitro benzene ring substituents is 1. The van der Waals surface area contributed by atoms with Gasteiger partial charge in [0.25, 0.3) is 5.69 Å². The Balaban J connectivity index is 1.20. The van der Waals surface area contributed by atoms with Gasteiger partial charge in [-0.1, -0.05) is 31.2 Å². The number of piperidine rings is 1. The number of anilines is 1. The van der Waals surface area contributed by atoms with Crippen LogP contribution < -0.4 is 5.32 Å². The predicted molar refractivity (Wildman–Crippen MR) is 163 cm³/mol. The van der Waals surface area contributed by atoms with Crippen molar-refractivity contribution >= 4 is 28.5 Å². The smallest absolute Gasteiger partial charge is 0.272 e. The zero-order valence-electron chi connectivity index (χ0n) is 24.2. The maximum atomic E-state index is 11.8. The molecule has 2 aliphatic heterocycles. The molecule has 2 saturated heterocycles. The van der Waals surface area contributed by atoms with E-state index >= 15 is 0 Å². The molecule has 0 radical (unpaired) electrons. The summed E-state index contributed by atoms with van der Waals surface area (Å²) in [5.74, 6) is 0. The van der Waals surface area contributed by atoms with Gasteiger partial charge in [-0.15, -0.1) is 5.10 Å². The van der Waals surface area contributed by atoms with Gasteiger partial charge in [-0.3, -0.25) is 15.0 Å². The van der Waals surface area contributed by atoms with Crippen LogP contribution >= 0.6 is 0 Å². The fraction of sp³-hybridized carbons (Fsp3) is 0.452. The number of benzene rings is 2. The van der Waals surface area contributed by atoms with Crippen molar-refractivity contribution in [3.8, 4) is 11.3 Å². The van der Waals surface area contributed by atoms with Crippen LogP contribution in [-0.4, -0.2) is 61.9 Å². The Morgan fingerprint density at radius 2 is 2.02 bits per heavy atom. The van der Waals surface area contributed by atoms with Crippen molar-refractivity contribution in [2.24, 2.45) is 5.41 Å². The van der Waals surface area contributed by atoms with Crippen molar-refractivity contribution in [1.82, 2.24) is 24.9 Å². The number of nitrogens with zero attached hydrogens (tertiary/aromatic N) is 5. The molecule has 0 aliphatic carbocycles. The Labute approximate surface area is 244 Å². The van der Waals surface area contributed by atoms with Crippen molar-refractivity contribution in [3.05, 3.63) is 69.5 Å². The van der Waals surface area contributed by atoms with Crippen molar-refractivity contribution in [2.45, 2.75) is 65.3 Å². The molecule has 4 aromatic rings.